The van der Waals surface area contributed by atoms with Gasteiger partial charge in [0.15, 0.2) is 5.78 Å². The maximum atomic E-state index is 11.5. The van der Waals surface area contributed by atoms with Gasteiger partial charge < -0.3 is 14.0 Å². The van der Waals surface area contributed by atoms with E-state index in [-0.39, 0.29) is 5.78 Å². The first kappa shape index (κ1) is 15.0. The number of Topliss-reactive ketones (excluding diaryl/α,β-unsaturated/α-hetero) is 1. The maximum absolute atomic E-state index is 11.5. The lowest BCUT2D eigenvalue weighted by Crippen LogP contribution is -2.41. The lowest BCUT2D eigenvalue weighted by Gasteiger charge is -2.32. The van der Waals surface area contributed by atoms with Crippen LogP contribution in [0.4, 0.5) is 0 Å². The quantitative estimate of drug-likeness (QED) is 0.620. The molecule has 1 aliphatic heterocycles. The Balaban J connectivity index is 2.39. The van der Waals surface area contributed by atoms with Crippen LogP contribution in [0.15, 0.2) is 12.1 Å². The van der Waals surface area contributed by atoms with E-state index in [1.54, 1.807) is 19.2 Å². The highest BCUT2D eigenvalue weighted by Gasteiger charge is 2.52. The summed E-state index contributed by atoms with van der Waals surface area (Å²) in [6.45, 7) is 9.35. The minimum Gasteiger partial charge on any atom is -0.497 e. The Morgan fingerprint density at radius 1 is 1.20 bits per heavy atom. The fourth-order valence-electron chi connectivity index (χ4n) is 1.91. The third-order valence-electron chi connectivity index (χ3n) is 3.91. The zero-order valence-corrected chi connectivity index (χ0v) is 12.8. The highest BCUT2D eigenvalue weighted by atomic mass is 16.7. The van der Waals surface area contributed by atoms with Crippen molar-refractivity contribution in [2.45, 2.75) is 45.8 Å². The van der Waals surface area contributed by atoms with Crippen molar-refractivity contribution < 1.29 is 18.8 Å². The van der Waals surface area contributed by atoms with Crippen molar-refractivity contribution in [2.75, 3.05) is 7.11 Å². The third-order valence-corrected chi connectivity index (χ3v) is 3.91. The van der Waals surface area contributed by atoms with E-state index in [0.717, 1.165) is 0 Å². The number of pyridine rings is 1. The van der Waals surface area contributed by atoms with Crippen molar-refractivity contribution in [1.29, 1.82) is 0 Å². The Hall–Kier alpha value is -1.40. The number of rotatable bonds is 3. The monoisotopic (exact) mass is 277 g/mol. The molecule has 20 heavy (non-hydrogen) atoms. The van der Waals surface area contributed by atoms with Crippen LogP contribution < -0.4 is 10.3 Å². The van der Waals surface area contributed by atoms with Gasteiger partial charge >= 0.3 is 7.12 Å². The summed E-state index contributed by atoms with van der Waals surface area (Å²) in [6.07, 6.45) is 0. The number of carbonyl (C=O) groups is 1. The Labute approximate surface area is 119 Å². The standard InChI is InChI=1S/C14H20BNO4/c1-9(17)11-7-10(18-6)8-12(16-11)15-19-13(2,3)14(4,5)20-15/h7-8H,1-6H3. The van der Waals surface area contributed by atoms with Gasteiger partial charge in [0.05, 0.1) is 23.9 Å². The number of carbonyl (C=O) groups excluding carboxylic acids is 1. The van der Waals surface area contributed by atoms with Gasteiger partial charge in [-0.3, -0.25) is 9.78 Å². The molecule has 1 aromatic rings. The fourth-order valence-corrected chi connectivity index (χ4v) is 1.91. The molecule has 1 fully saturated rings. The molecule has 1 aliphatic rings. The molecule has 6 heteroatoms. The van der Waals surface area contributed by atoms with E-state index in [9.17, 15) is 4.79 Å². The van der Waals surface area contributed by atoms with Gasteiger partial charge in [-0.05, 0) is 33.8 Å². The number of nitrogens with zero attached hydrogens (tertiary/aromatic N) is 1. The summed E-state index contributed by atoms with van der Waals surface area (Å²) < 4.78 is 17.1. The summed E-state index contributed by atoms with van der Waals surface area (Å²) in [7, 11) is 0.945. The highest BCUT2D eigenvalue weighted by molar-refractivity contribution is 6.61. The van der Waals surface area contributed by atoms with Crippen molar-refractivity contribution in [2.24, 2.45) is 0 Å². The molecule has 0 N–H and O–H groups in total. The molecule has 2 heterocycles. The van der Waals surface area contributed by atoms with E-state index in [2.05, 4.69) is 4.98 Å². The second-order valence-corrected chi connectivity index (χ2v) is 5.96. The predicted molar refractivity (Wildman–Crippen MR) is 76.5 cm³/mol. The molecule has 0 amide bonds. The van der Waals surface area contributed by atoms with Gasteiger partial charge in [0, 0.05) is 13.0 Å². The summed E-state index contributed by atoms with van der Waals surface area (Å²) in [5.41, 5.74) is -0.000266. The molecule has 0 atom stereocenters. The summed E-state index contributed by atoms with van der Waals surface area (Å²) in [6, 6.07) is 3.34. The topological polar surface area (TPSA) is 57.6 Å². The molecular formula is C14H20BNO4. The molecule has 5 nitrogen and oxygen atoms in total. The van der Waals surface area contributed by atoms with E-state index in [4.69, 9.17) is 14.0 Å². The van der Waals surface area contributed by atoms with Crippen LogP contribution in [0.2, 0.25) is 0 Å². The van der Waals surface area contributed by atoms with Gasteiger partial charge in [-0.2, -0.15) is 0 Å². The smallest absolute Gasteiger partial charge is 0.497 e. The van der Waals surface area contributed by atoms with Crippen LogP contribution >= 0.6 is 0 Å². The normalized spacial score (nSPS) is 20.0. The molecule has 0 bridgehead atoms. The molecule has 2 rings (SSSR count). The van der Waals surface area contributed by atoms with Gasteiger partial charge in [0.1, 0.15) is 11.4 Å². The lowest BCUT2D eigenvalue weighted by atomic mass is 9.84. The van der Waals surface area contributed by atoms with E-state index in [1.165, 1.54) is 6.92 Å². The molecule has 0 spiro atoms. The zero-order chi connectivity index (χ0) is 15.1. The number of ketones is 1. The number of aromatic nitrogens is 1. The molecule has 1 aromatic heterocycles. The second kappa shape index (κ2) is 4.86. The largest absolute Gasteiger partial charge is 0.514 e. The molecule has 0 unspecified atom stereocenters. The van der Waals surface area contributed by atoms with Gasteiger partial charge in [0.2, 0.25) is 0 Å². The van der Waals surface area contributed by atoms with Crippen LogP contribution in [-0.2, 0) is 9.31 Å². The van der Waals surface area contributed by atoms with E-state index in [0.29, 0.717) is 17.0 Å². The van der Waals surface area contributed by atoms with Crippen molar-refractivity contribution in [3.05, 3.63) is 17.8 Å². The van der Waals surface area contributed by atoms with Gasteiger partial charge in [-0.15, -0.1) is 0 Å². The van der Waals surface area contributed by atoms with Crippen LogP contribution in [-0.4, -0.2) is 36.2 Å². The molecular weight excluding hydrogens is 257 g/mol. The Bertz CT molecular complexity index is 526. The van der Waals surface area contributed by atoms with Crippen molar-refractivity contribution in [3.8, 4) is 5.75 Å². The highest BCUT2D eigenvalue weighted by Crippen LogP contribution is 2.36. The predicted octanol–water partition coefficient (Wildman–Crippen LogP) is 1.59. The van der Waals surface area contributed by atoms with Gasteiger partial charge in [-0.1, -0.05) is 0 Å². The first-order chi connectivity index (χ1) is 9.16. The minimum atomic E-state index is -0.604. The zero-order valence-electron chi connectivity index (χ0n) is 12.8. The summed E-state index contributed by atoms with van der Waals surface area (Å²) in [4.78, 5) is 15.9. The van der Waals surface area contributed by atoms with Crippen LogP contribution in [0.1, 0.15) is 45.1 Å². The van der Waals surface area contributed by atoms with E-state index < -0.39 is 18.3 Å². The maximum Gasteiger partial charge on any atom is 0.514 e. The van der Waals surface area contributed by atoms with Crippen molar-refractivity contribution in [1.82, 2.24) is 4.98 Å². The lowest BCUT2D eigenvalue weighted by molar-refractivity contribution is 0.00578. The summed E-state index contributed by atoms with van der Waals surface area (Å²) >= 11 is 0. The van der Waals surface area contributed by atoms with Crippen LogP contribution in [0, 0.1) is 0 Å². The fraction of sp³-hybridized carbons (Fsp3) is 0.571. The number of hydrogen-bond donors (Lipinski definition) is 0. The molecule has 1 saturated heterocycles. The molecule has 0 aromatic carbocycles. The minimum absolute atomic E-state index is 0.123. The SMILES string of the molecule is COc1cc(B2OC(C)(C)C(C)(C)O2)nc(C(C)=O)c1. The van der Waals surface area contributed by atoms with Crippen LogP contribution in [0.25, 0.3) is 0 Å². The molecule has 0 aliphatic carbocycles. The molecule has 0 saturated carbocycles. The van der Waals surface area contributed by atoms with Gasteiger partial charge in [0.25, 0.3) is 0 Å². The molecule has 108 valence electrons. The first-order valence-electron chi connectivity index (χ1n) is 6.59. The average Bonchev–Trinajstić information content (AvgIpc) is 2.58. The van der Waals surface area contributed by atoms with Crippen LogP contribution in [0.3, 0.4) is 0 Å². The van der Waals surface area contributed by atoms with Crippen LogP contribution in [0.5, 0.6) is 5.75 Å². The Morgan fingerprint density at radius 3 is 2.20 bits per heavy atom. The van der Waals surface area contributed by atoms with E-state index in [1.807, 2.05) is 27.7 Å². The number of hydrogen-bond acceptors (Lipinski definition) is 5. The summed E-state index contributed by atoms with van der Waals surface area (Å²) in [5, 5.41) is 0. The Kier molecular flexibility index (Phi) is 3.65. The van der Waals surface area contributed by atoms with Crippen molar-refractivity contribution in [3.63, 3.8) is 0 Å². The number of methoxy groups -OCH3 is 1. The second-order valence-electron chi connectivity index (χ2n) is 5.96. The first-order valence-corrected chi connectivity index (χ1v) is 6.59. The van der Waals surface area contributed by atoms with Gasteiger partial charge in [-0.25, -0.2) is 0 Å². The van der Waals surface area contributed by atoms with Crippen molar-refractivity contribution >= 4 is 18.5 Å². The summed E-state index contributed by atoms with van der Waals surface area (Å²) in [5.74, 6) is 0.441. The third kappa shape index (κ3) is 2.58. The average molecular weight is 277 g/mol. The van der Waals surface area contributed by atoms with E-state index >= 15 is 0 Å². The molecule has 0 radical (unpaired) electrons. The number of ether oxygens (including phenoxy) is 1. The Morgan fingerprint density at radius 2 is 1.75 bits per heavy atom.